The molecule has 1 heterocycles. The summed E-state index contributed by atoms with van der Waals surface area (Å²) in [4.78, 5) is 0. The predicted octanol–water partition coefficient (Wildman–Crippen LogP) is 3.65. The zero-order valence-corrected chi connectivity index (χ0v) is 10.6. The molecule has 1 aromatic carbocycles. The largest absolute Gasteiger partial charge is 0.199 e. The number of hydrogen-bond acceptors (Lipinski definition) is 0. The summed E-state index contributed by atoms with van der Waals surface area (Å²) in [6.07, 6.45) is 2.21. The SMILES string of the molecule is Cc1c2ccccc2cc[n+]1C(C)C(C)C. The molecule has 0 saturated carbocycles. The van der Waals surface area contributed by atoms with Gasteiger partial charge in [0.15, 0.2) is 17.9 Å². The fraction of sp³-hybridized carbons (Fsp3) is 0.400. The summed E-state index contributed by atoms with van der Waals surface area (Å²) < 4.78 is 2.38. The third-order valence-electron chi connectivity index (χ3n) is 3.56. The Morgan fingerprint density at radius 1 is 1.00 bits per heavy atom. The lowest BCUT2D eigenvalue weighted by atomic mass is 10.0. The number of nitrogens with zero attached hydrogens (tertiary/aromatic N) is 1. The van der Waals surface area contributed by atoms with Crippen molar-refractivity contribution in [1.82, 2.24) is 0 Å². The molecular weight excluding hydrogens is 194 g/mol. The second-order valence-corrected chi connectivity index (χ2v) is 4.88. The summed E-state index contributed by atoms with van der Waals surface area (Å²) in [5.41, 5.74) is 1.36. The van der Waals surface area contributed by atoms with Crippen LogP contribution in [0.3, 0.4) is 0 Å². The van der Waals surface area contributed by atoms with Crippen LogP contribution in [0.1, 0.15) is 32.5 Å². The van der Waals surface area contributed by atoms with Crippen molar-refractivity contribution in [2.45, 2.75) is 33.7 Å². The van der Waals surface area contributed by atoms with Crippen LogP contribution in [0.4, 0.5) is 0 Å². The summed E-state index contributed by atoms with van der Waals surface area (Å²) in [7, 11) is 0. The van der Waals surface area contributed by atoms with E-state index in [9.17, 15) is 0 Å². The molecule has 0 aliphatic heterocycles. The quantitative estimate of drug-likeness (QED) is 0.672. The Kier molecular flexibility index (Phi) is 2.95. The zero-order chi connectivity index (χ0) is 11.7. The van der Waals surface area contributed by atoms with Crippen LogP contribution < -0.4 is 4.57 Å². The smallest absolute Gasteiger partial charge is 0.186 e. The highest BCUT2D eigenvalue weighted by Gasteiger charge is 2.20. The van der Waals surface area contributed by atoms with Gasteiger partial charge in [-0.2, -0.15) is 4.57 Å². The van der Waals surface area contributed by atoms with Crippen LogP contribution in [0.15, 0.2) is 36.5 Å². The van der Waals surface area contributed by atoms with Crippen LogP contribution in [0, 0.1) is 12.8 Å². The molecule has 0 saturated heterocycles. The molecule has 1 atom stereocenters. The van der Waals surface area contributed by atoms with Crippen LogP contribution in [0.25, 0.3) is 10.8 Å². The summed E-state index contributed by atoms with van der Waals surface area (Å²) >= 11 is 0. The first-order valence-electron chi connectivity index (χ1n) is 6.00. The monoisotopic (exact) mass is 214 g/mol. The summed E-state index contributed by atoms with van der Waals surface area (Å²) in [5, 5.41) is 2.68. The Morgan fingerprint density at radius 3 is 2.38 bits per heavy atom. The highest BCUT2D eigenvalue weighted by atomic mass is 15.0. The molecule has 0 amide bonds. The van der Waals surface area contributed by atoms with Crippen LogP contribution in [0.5, 0.6) is 0 Å². The van der Waals surface area contributed by atoms with Gasteiger partial charge < -0.3 is 0 Å². The van der Waals surface area contributed by atoms with Crippen LogP contribution in [-0.2, 0) is 0 Å². The van der Waals surface area contributed by atoms with Crippen molar-refractivity contribution in [3.05, 3.63) is 42.2 Å². The normalized spacial score (nSPS) is 13.3. The van der Waals surface area contributed by atoms with E-state index in [2.05, 4.69) is 68.8 Å². The Balaban J connectivity index is 2.61. The highest BCUT2D eigenvalue weighted by Crippen LogP contribution is 2.18. The maximum atomic E-state index is 2.38. The van der Waals surface area contributed by atoms with E-state index in [1.54, 1.807) is 0 Å². The van der Waals surface area contributed by atoms with Gasteiger partial charge in [0.25, 0.3) is 0 Å². The van der Waals surface area contributed by atoms with E-state index in [1.165, 1.54) is 16.5 Å². The lowest BCUT2D eigenvalue weighted by molar-refractivity contribution is -0.729. The third-order valence-corrected chi connectivity index (χ3v) is 3.56. The number of aromatic nitrogens is 1. The van der Waals surface area contributed by atoms with Crippen molar-refractivity contribution >= 4 is 10.8 Å². The van der Waals surface area contributed by atoms with E-state index >= 15 is 0 Å². The molecule has 16 heavy (non-hydrogen) atoms. The maximum absolute atomic E-state index is 2.38. The van der Waals surface area contributed by atoms with E-state index < -0.39 is 0 Å². The number of aryl methyl sites for hydroxylation is 1. The molecule has 0 fully saturated rings. The van der Waals surface area contributed by atoms with Crippen LogP contribution >= 0.6 is 0 Å². The van der Waals surface area contributed by atoms with Crippen molar-refractivity contribution in [3.63, 3.8) is 0 Å². The summed E-state index contributed by atoms with van der Waals surface area (Å²) in [5.74, 6) is 0.657. The number of pyridine rings is 1. The van der Waals surface area contributed by atoms with Gasteiger partial charge in [0.05, 0.1) is 0 Å². The minimum absolute atomic E-state index is 0.546. The fourth-order valence-electron chi connectivity index (χ4n) is 2.15. The molecule has 0 radical (unpaired) electrons. The Hall–Kier alpha value is -1.37. The molecule has 1 aromatic heterocycles. The van der Waals surface area contributed by atoms with Gasteiger partial charge in [0.1, 0.15) is 0 Å². The third kappa shape index (κ3) is 1.82. The minimum Gasteiger partial charge on any atom is -0.199 e. The van der Waals surface area contributed by atoms with E-state index in [4.69, 9.17) is 0 Å². The number of fused-ring (bicyclic) bond motifs is 1. The number of hydrogen-bond donors (Lipinski definition) is 0. The van der Waals surface area contributed by atoms with Crippen molar-refractivity contribution < 1.29 is 4.57 Å². The van der Waals surface area contributed by atoms with E-state index in [1.807, 2.05) is 0 Å². The van der Waals surface area contributed by atoms with E-state index in [0.29, 0.717) is 12.0 Å². The topological polar surface area (TPSA) is 3.88 Å². The second kappa shape index (κ2) is 4.25. The average molecular weight is 214 g/mol. The number of benzene rings is 1. The Bertz CT molecular complexity index is 500. The van der Waals surface area contributed by atoms with Crippen LogP contribution in [0.2, 0.25) is 0 Å². The van der Waals surface area contributed by atoms with Gasteiger partial charge in [-0.1, -0.05) is 32.0 Å². The minimum atomic E-state index is 0.546. The molecule has 2 aromatic rings. The molecule has 0 bridgehead atoms. The molecule has 0 aliphatic carbocycles. The van der Waals surface area contributed by atoms with Crippen LogP contribution in [-0.4, -0.2) is 0 Å². The fourth-order valence-corrected chi connectivity index (χ4v) is 2.15. The average Bonchev–Trinajstić information content (AvgIpc) is 2.29. The van der Waals surface area contributed by atoms with Gasteiger partial charge in [-0.3, -0.25) is 0 Å². The molecule has 84 valence electrons. The first-order chi connectivity index (χ1) is 7.61. The number of rotatable bonds is 2. The Morgan fingerprint density at radius 2 is 1.69 bits per heavy atom. The van der Waals surface area contributed by atoms with Crippen molar-refractivity contribution in [2.24, 2.45) is 5.92 Å². The van der Waals surface area contributed by atoms with Gasteiger partial charge in [0.2, 0.25) is 0 Å². The molecule has 2 rings (SSSR count). The molecular formula is C15H20N+. The second-order valence-electron chi connectivity index (χ2n) is 4.88. The maximum Gasteiger partial charge on any atom is 0.186 e. The first-order valence-corrected chi connectivity index (χ1v) is 6.00. The zero-order valence-electron chi connectivity index (χ0n) is 10.6. The molecule has 0 aliphatic rings. The van der Waals surface area contributed by atoms with E-state index in [0.717, 1.165) is 0 Å². The molecule has 1 unspecified atom stereocenters. The standard InChI is InChI=1S/C15H20N/c1-11(2)12(3)16-10-9-14-7-5-6-8-15(14)13(16)4/h5-12H,1-4H3/q+1. The van der Waals surface area contributed by atoms with Gasteiger partial charge >= 0.3 is 0 Å². The van der Waals surface area contributed by atoms with Crippen molar-refractivity contribution in [1.29, 1.82) is 0 Å². The lowest BCUT2D eigenvalue weighted by Gasteiger charge is -2.13. The Labute approximate surface area is 97.7 Å². The van der Waals surface area contributed by atoms with Gasteiger partial charge in [-0.05, 0) is 18.4 Å². The highest BCUT2D eigenvalue weighted by molar-refractivity contribution is 5.83. The van der Waals surface area contributed by atoms with Crippen molar-refractivity contribution in [2.75, 3.05) is 0 Å². The lowest BCUT2D eigenvalue weighted by Crippen LogP contribution is -2.43. The van der Waals surface area contributed by atoms with E-state index in [-0.39, 0.29) is 0 Å². The molecule has 1 nitrogen and oxygen atoms in total. The molecule has 0 spiro atoms. The summed E-state index contributed by atoms with van der Waals surface area (Å²) in [6, 6.07) is 11.3. The predicted molar refractivity (Wildman–Crippen MR) is 68.4 cm³/mol. The van der Waals surface area contributed by atoms with Gasteiger partial charge in [-0.25, -0.2) is 0 Å². The van der Waals surface area contributed by atoms with Crippen molar-refractivity contribution in [3.8, 4) is 0 Å². The molecule has 1 heteroatoms. The molecule has 0 N–H and O–H groups in total. The van der Waals surface area contributed by atoms with Gasteiger partial charge in [0, 0.05) is 24.3 Å². The van der Waals surface area contributed by atoms with Gasteiger partial charge in [-0.15, -0.1) is 0 Å². The summed E-state index contributed by atoms with van der Waals surface area (Å²) in [6.45, 7) is 9.03. The first kappa shape index (κ1) is 11.1.